The Labute approximate surface area is 75.8 Å². The molecule has 0 amide bonds. The van der Waals surface area contributed by atoms with E-state index in [1.165, 1.54) is 24.8 Å². The zero-order valence-electron chi connectivity index (χ0n) is 8.31. The van der Waals surface area contributed by atoms with Crippen molar-refractivity contribution in [1.82, 2.24) is 0 Å². The molecule has 68 valence electrons. The van der Waals surface area contributed by atoms with Gasteiger partial charge in [-0.15, -0.1) is 0 Å². The van der Waals surface area contributed by atoms with Crippen molar-refractivity contribution >= 4 is 8.07 Å². The molecule has 1 saturated heterocycles. The fourth-order valence-corrected chi connectivity index (χ4v) is 5.43. The van der Waals surface area contributed by atoms with Gasteiger partial charge in [0.1, 0.15) is 5.22 Å². The van der Waals surface area contributed by atoms with Gasteiger partial charge in [-0.3, -0.25) is 0 Å². The summed E-state index contributed by atoms with van der Waals surface area (Å²) in [6, 6.07) is 0. The molecule has 2 fully saturated rings. The molecule has 0 aromatic rings. The van der Waals surface area contributed by atoms with Crippen LogP contribution < -0.4 is 0 Å². The molecule has 2 heteroatoms. The molecule has 0 spiro atoms. The Morgan fingerprint density at radius 3 is 2.58 bits per heavy atom. The maximum atomic E-state index is 5.90. The summed E-state index contributed by atoms with van der Waals surface area (Å²) in [5.41, 5.74) is 1.39. The molecule has 0 aromatic heterocycles. The highest BCUT2D eigenvalue weighted by molar-refractivity contribution is 6.80. The minimum atomic E-state index is -1.19. The van der Waals surface area contributed by atoms with Crippen molar-refractivity contribution in [3.05, 3.63) is 12.2 Å². The molecule has 2 aliphatic rings. The lowest BCUT2D eigenvalue weighted by atomic mass is 9.96. The second kappa shape index (κ2) is 2.24. The maximum absolute atomic E-state index is 5.90. The summed E-state index contributed by atoms with van der Waals surface area (Å²) in [7, 11) is -1.19. The third-order valence-electron chi connectivity index (χ3n) is 3.31. The smallest absolute Gasteiger partial charge is 0.104 e. The van der Waals surface area contributed by atoms with E-state index in [4.69, 9.17) is 4.74 Å². The molecule has 12 heavy (non-hydrogen) atoms. The van der Waals surface area contributed by atoms with E-state index in [-0.39, 0.29) is 5.22 Å². The first kappa shape index (κ1) is 8.51. The van der Waals surface area contributed by atoms with E-state index in [0.29, 0.717) is 6.10 Å². The largest absolute Gasteiger partial charge is 0.365 e. The molecule has 1 saturated carbocycles. The third kappa shape index (κ3) is 0.881. The van der Waals surface area contributed by atoms with E-state index in [2.05, 4.69) is 26.2 Å². The van der Waals surface area contributed by atoms with Crippen LogP contribution in [0.4, 0.5) is 0 Å². The van der Waals surface area contributed by atoms with E-state index in [0.717, 1.165) is 0 Å². The van der Waals surface area contributed by atoms with E-state index in [9.17, 15) is 0 Å². The van der Waals surface area contributed by atoms with Gasteiger partial charge in [0.15, 0.2) is 0 Å². The van der Waals surface area contributed by atoms with Gasteiger partial charge in [-0.2, -0.15) is 0 Å². The van der Waals surface area contributed by atoms with E-state index in [1.54, 1.807) is 0 Å². The number of fused-ring (bicyclic) bond motifs is 1. The summed E-state index contributed by atoms with van der Waals surface area (Å²) in [6.45, 7) is 11.4. The van der Waals surface area contributed by atoms with Crippen molar-refractivity contribution in [2.24, 2.45) is 0 Å². The first-order chi connectivity index (χ1) is 5.48. The van der Waals surface area contributed by atoms with Gasteiger partial charge in [-0.25, -0.2) is 0 Å². The molecule has 0 radical (unpaired) electrons. The third-order valence-corrected chi connectivity index (χ3v) is 6.33. The lowest BCUT2D eigenvalue weighted by molar-refractivity contribution is 0.365. The number of rotatable bonds is 1. The summed E-state index contributed by atoms with van der Waals surface area (Å²) in [4.78, 5) is 0. The number of epoxide rings is 1. The molecule has 2 atom stereocenters. The SMILES string of the molecule is C=C1CCCC2OC12[Si](C)(C)C. The van der Waals surface area contributed by atoms with Gasteiger partial charge < -0.3 is 4.74 Å². The zero-order valence-corrected chi connectivity index (χ0v) is 9.31. The summed E-state index contributed by atoms with van der Waals surface area (Å²) in [5.74, 6) is 0. The summed E-state index contributed by atoms with van der Waals surface area (Å²) < 4.78 is 5.90. The van der Waals surface area contributed by atoms with Crippen LogP contribution in [0.25, 0.3) is 0 Å². The Balaban J connectivity index is 2.28. The van der Waals surface area contributed by atoms with Crippen LogP contribution in [0.1, 0.15) is 19.3 Å². The van der Waals surface area contributed by atoms with Crippen LogP contribution in [0.3, 0.4) is 0 Å². The van der Waals surface area contributed by atoms with Crippen LogP contribution in [-0.4, -0.2) is 19.4 Å². The topological polar surface area (TPSA) is 12.5 Å². The summed E-state index contributed by atoms with van der Waals surface area (Å²) in [6.07, 6.45) is 4.30. The lowest BCUT2D eigenvalue weighted by Crippen LogP contribution is -2.46. The Kier molecular flexibility index (Phi) is 1.59. The molecule has 1 aliphatic heterocycles. The van der Waals surface area contributed by atoms with Crippen LogP contribution in [0.15, 0.2) is 12.2 Å². The van der Waals surface area contributed by atoms with E-state index in [1.807, 2.05) is 0 Å². The fraction of sp³-hybridized carbons (Fsp3) is 0.800. The molecule has 0 N–H and O–H groups in total. The number of hydrogen-bond donors (Lipinski definition) is 0. The van der Waals surface area contributed by atoms with E-state index >= 15 is 0 Å². The molecule has 2 unspecified atom stereocenters. The summed E-state index contributed by atoms with van der Waals surface area (Å²) in [5, 5.41) is 0.186. The Hall–Kier alpha value is -0.0831. The van der Waals surface area contributed by atoms with Gasteiger partial charge in [0.25, 0.3) is 0 Å². The van der Waals surface area contributed by atoms with Gasteiger partial charge >= 0.3 is 0 Å². The average molecular weight is 182 g/mol. The van der Waals surface area contributed by atoms with Crippen molar-refractivity contribution in [3.63, 3.8) is 0 Å². The highest BCUT2D eigenvalue weighted by Gasteiger charge is 2.66. The molecular weight excluding hydrogens is 164 g/mol. The lowest BCUT2D eigenvalue weighted by Gasteiger charge is -2.30. The predicted molar refractivity (Wildman–Crippen MR) is 53.9 cm³/mol. The van der Waals surface area contributed by atoms with Crippen molar-refractivity contribution in [3.8, 4) is 0 Å². The Morgan fingerprint density at radius 1 is 1.50 bits per heavy atom. The van der Waals surface area contributed by atoms with Crippen LogP contribution >= 0.6 is 0 Å². The molecule has 0 aromatic carbocycles. The van der Waals surface area contributed by atoms with E-state index < -0.39 is 8.07 Å². The molecule has 1 aliphatic carbocycles. The van der Waals surface area contributed by atoms with Crippen molar-refractivity contribution in [2.75, 3.05) is 0 Å². The van der Waals surface area contributed by atoms with Gasteiger partial charge in [0.05, 0.1) is 14.2 Å². The van der Waals surface area contributed by atoms with Gasteiger partial charge in [0, 0.05) is 0 Å². The Bertz CT molecular complexity index is 228. The molecular formula is C10H18OSi. The fourth-order valence-electron chi connectivity index (χ4n) is 2.64. The van der Waals surface area contributed by atoms with Crippen LogP contribution in [0.2, 0.25) is 19.6 Å². The van der Waals surface area contributed by atoms with Crippen molar-refractivity contribution < 1.29 is 4.74 Å². The second-order valence-electron chi connectivity index (χ2n) is 5.09. The minimum absolute atomic E-state index is 0.186. The number of hydrogen-bond acceptors (Lipinski definition) is 1. The molecule has 1 nitrogen and oxygen atoms in total. The quantitative estimate of drug-likeness (QED) is 0.345. The Morgan fingerprint density at radius 2 is 2.17 bits per heavy atom. The summed E-state index contributed by atoms with van der Waals surface area (Å²) >= 11 is 0. The van der Waals surface area contributed by atoms with Gasteiger partial charge in [0.2, 0.25) is 0 Å². The monoisotopic (exact) mass is 182 g/mol. The van der Waals surface area contributed by atoms with Crippen LogP contribution in [0, 0.1) is 0 Å². The molecule has 2 rings (SSSR count). The minimum Gasteiger partial charge on any atom is -0.365 e. The first-order valence-corrected chi connectivity index (χ1v) is 8.34. The standard InChI is InChI=1S/C10H18OSi/c1-8-6-5-7-9-10(8,11-9)12(2,3)4/h9H,1,5-7H2,2-4H3. The van der Waals surface area contributed by atoms with Gasteiger partial charge in [-0.1, -0.05) is 26.2 Å². The van der Waals surface area contributed by atoms with Crippen LogP contribution in [0.5, 0.6) is 0 Å². The highest BCUT2D eigenvalue weighted by Crippen LogP contribution is 2.55. The number of ether oxygens (including phenoxy) is 1. The molecule has 1 heterocycles. The highest BCUT2D eigenvalue weighted by atomic mass is 28.3. The first-order valence-electron chi connectivity index (χ1n) is 4.84. The van der Waals surface area contributed by atoms with Crippen molar-refractivity contribution in [2.45, 2.75) is 50.2 Å². The normalized spacial score (nSPS) is 40.9. The van der Waals surface area contributed by atoms with Gasteiger partial charge in [-0.05, 0) is 24.8 Å². The molecule has 0 bridgehead atoms. The van der Waals surface area contributed by atoms with Crippen molar-refractivity contribution in [1.29, 1.82) is 0 Å². The average Bonchev–Trinajstić information content (AvgIpc) is 2.62. The van der Waals surface area contributed by atoms with Crippen LogP contribution in [-0.2, 0) is 4.74 Å². The zero-order chi connectivity index (χ0) is 8.98. The second-order valence-corrected chi connectivity index (χ2v) is 10.3. The maximum Gasteiger partial charge on any atom is 0.104 e. The predicted octanol–water partition coefficient (Wildman–Crippen LogP) is 2.74.